The molecule has 4 rings (SSSR count). The van der Waals surface area contributed by atoms with Crippen molar-refractivity contribution in [1.29, 1.82) is 0 Å². The third-order valence-corrected chi connectivity index (χ3v) is 3.74. The van der Waals surface area contributed by atoms with Gasteiger partial charge in [0.05, 0.1) is 13.2 Å². The van der Waals surface area contributed by atoms with Crippen LogP contribution in [0.1, 0.15) is 11.1 Å². The molecule has 2 aromatic rings. The number of epoxide rings is 2. The van der Waals surface area contributed by atoms with Gasteiger partial charge in [0.25, 0.3) is 0 Å². The Labute approximate surface area is 141 Å². The molecule has 0 spiro atoms. The van der Waals surface area contributed by atoms with E-state index in [-0.39, 0.29) is 12.2 Å². The van der Waals surface area contributed by atoms with Crippen LogP contribution in [0.4, 0.5) is 0 Å². The molecule has 0 aliphatic carbocycles. The van der Waals surface area contributed by atoms with E-state index in [1.54, 1.807) is 0 Å². The van der Waals surface area contributed by atoms with Crippen molar-refractivity contribution >= 4 is 0 Å². The fraction of sp³-hybridized carbons (Fsp3) is 0.300. The largest absolute Gasteiger partial charge is 0.491 e. The van der Waals surface area contributed by atoms with Crippen molar-refractivity contribution in [1.82, 2.24) is 0 Å². The van der Waals surface area contributed by atoms with Crippen molar-refractivity contribution < 1.29 is 18.9 Å². The highest BCUT2D eigenvalue weighted by Gasteiger charge is 2.23. The Morgan fingerprint density at radius 1 is 0.708 bits per heavy atom. The maximum absolute atomic E-state index is 5.61. The maximum atomic E-state index is 5.61. The second-order valence-corrected chi connectivity index (χ2v) is 5.83. The first kappa shape index (κ1) is 15.1. The molecular weight excluding hydrogens is 304 g/mol. The van der Waals surface area contributed by atoms with Crippen molar-refractivity contribution in [2.75, 3.05) is 26.4 Å². The van der Waals surface area contributed by atoms with E-state index in [1.165, 1.54) is 0 Å². The minimum absolute atomic E-state index is 0.272. The van der Waals surface area contributed by atoms with E-state index in [9.17, 15) is 0 Å². The quantitative estimate of drug-likeness (QED) is 0.606. The predicted molar refractivity (Wildman–Crippen MR) is 89.3 cm³/mol. The Morgan fingerprint density at radius 3 is 1.42 bits per heavy atom. The molecule has 0 amide bonds. The van der Waals surface area contributed by atoms with Gasteiger partial charge >= 0.3 is 0 Å². The van der Waals surface area contributed by atoms with E-state index in [1.807, 2.05) is 48.5 Å². The van der Waals surface area contributed by atoms with E-state index < -0.39 is 0 Å². The topological polar surface area (TPSA) is 43.5 Å². The SMILES string of the molecule is C(#Cc1ccc(OCC2CO2)cc1)c1ccc(OCC2CO2)cc1. The Bertz CT molecular complexity index is 668. The fourth-order valence-corrected chi connectivity index (χ4v) is 2.12. The van der Waals surface area contributed by atoms with Crippen LogP contribution in [0.15, 0.2) is 48.5 Å². The molecule has 0 N–H and O–H groups in total. The van der Waals surface area contributed by atoms with Gasteiger partial charge in [-0.05, 0) is 48.5 Å². The summed E-state index contributed by atoms with van der Waals surface area (Å²) in [5, 5.41) is 0. The van der Waals surface area contributed by atoms with Crippen LogP contribution < -0.4 is 9.47 Å². The zero-order chi connectivity index (χ0) is 16.2. The summed E-state index contributed by atoms with van der Waals surface area (Å²) < 4.78 is 21.5. The molecule has 2 unspecified atom stereocenters. The highest BCUT2D eigenvalue weighted by molar-refractivity contribution is 5.45. The monoisotopic (exact) mass is 322 g/mol. The standard InChI is InChI=1S/C20H18O4/c1(15-3-7-17(8-4-15)21-11-19-13-23-19)2-16-5-9-18(10-6-16)22-12-20-14-24-20/h3-10,19-20H,11-14H2. The van der Waals surface area contributed by atoms with E-state index in [0.717, 1.165) is 35.8 Å². The average Bonchev–Trinajstić information content (AvgIpc) is 3.53. The van der Waals surface area contributed by atoms with Crippen LogP contribution in [0, 0.1) is 11.8 Å². The van der Waals surface area contributed by atoms with E-state index >= 15 is 0 Å². The van der Waals surface area contributed by atoms with E-state index in [4.69, 9.17) is 18.9 Å². The van der Waals surface area contributed by atoms with Crippen molar-refractivity contribution in [2.45, 2.75) is 12.2 Å². The lowest BCUT2D eigenvalue weighted by Gasteiger charge is -2.03. The molecule has 2 saturated heterocycles. The van der Waals surface area contributed by atoms with Gasteiger partial charge in [-0.3, -0.25) is 0 Å². The summed E-state index contributed by atoms with van der Waals surface area (Å²) in [6.07, 6.45) is 0.543. The molecule has 0 radical (unpaired) electrons. The van der Waals surface area contributed by atoms with Gasteiger partial charge < -0.3 is 18.9 Å². The molecule has 0 aromatic heterocycles. The summed E-state index contributed by atoms with van der Waals surface area (Å²) in [6, 6.07) is 15.6. The molecule has 24 heavy (non-hydrogen) atoms. The second-order valence-electron chi connectivity index (χ2n) is 5.83. The first-order valence-electron chi connectivity index (χ1n) is 8.06. The fourth-order valence-electron chi connectivity index (χ4n) is 2.12. The van der Waals surface area contributed by atoms with Gasteiger partial charge in [-0.1, -0.05) is 11.8 Å². The molecule has 2 aliphatic rings. The summed E-state index contributed by atoms with van der Waals surface area (Å²) >= 11 is 0. The minimum Gasteiger partial charge on any atom is -0.491 e. The highest BCUT2D eigenvalue weighted by Crippen LogP contribution is 2.17. The van der Waals surface area contributed by atoms with Gasteiger partial charge in [0.1, 0.15) is 36.9 Å². The van der Waals surface area contributed by atoms with Gasteiger partial charge in [-0.25, -0.2) is 0 Å². The summed E-state index contributed by atoms with van der Waals surface area (Å²) in [5.74, 6) is 8.00. The van der Waals surface area contributed by atoms with Crippen molar-refractivity contribution in [3.05, 3.63) is 59.7 Å². The van der Waals surface area contributed by atoms with Crippen LogP contribution >= 0.6 is 0 Å². The lowest BCUT2D eigenvalue weighted by atomic mass is 10.2. The number of benzene rings is 2. The van der Waals surface area contributed by atoms with Crippen molar-refractivity contribution in [3.8, 4) is 23.3 Å². The Morgan fingerprint density at radius 2 is 1.08 bits per heavy atom. The summed E-state index contributed by atoms with van der Waals surface area (Å²) in [5.41, 5.74) is 1.91. The molecule has 122 valence electrons. The van der Waals surface area contributed by atoms with Gasteiger partial charge in [-0.15, -0.1) is 0 Å². The zero-order valence-electron chi connectivity index (χ0n) is 13.2. The normalized spacial score (nSPS) is 20.7. The molecule has 0 saturated carbocycles. The minimum atomic E-state index is 0.272. The van der Waals surface area contributed by atoms with Crippen molar-refractivity contribution in [3.63, 3.8) is 0 Å². The lowest BCUT2D eigenvalue weighted by molar-refractivity contribution is 0.263. The van der Waals surface area contributed by atoms with Gasteiger partial charge in [-0.2, -0.15) is 0 Å². The van der Waals surface area contributed by atoms with Crippen LogP contribution in [0.2, 0.25) is 0 Å². The number of rotatable bonds is 6. The summed E-state index contributed by atoms with van der Waals surface area (Å²) in [6.45, 7) is 2.85. The molecule has 2 fully saturated rings. The van der Waals surface area contributed by atoms with Gasteiger partial charge in [0, 0.05) is 11.1 Å². The number of ether oxygens (including phenoxy) is 4. The smallest absolute Gasteiger partial charge is 0.119 e. The van der Waals surface area contributed by atoms with Crippen LogP contribution in [0.3, 0.4) is 0 Å². The summed E-state index contributed by atoms with van der Waals surface area (Å²) in [4.78, 5) is 0. The molecule has 4 nitrogen and oxygen atoms in total. The molecule has 4 heteroatoms. The number of hydrogen-bond acceptors (Lipinski definition) is 4. The van der Waals surface area contributed by atoms with E-state index in [2.05, 4.69) is 11.8 Å². The Kier molecular flexibility index (Phi) is 4.37. The lowest BCUT2D eigenvalue weighted by Crippen LogP contribution is -2.03. The second kappa shape index (κ2) is 6.96. The first-order valence-corrected chi connectivity index (χ1v) is 8.06. The molecule has 2 atom stereocenters. The van der Waals surface area contributed by atoms with Crippen LogP contribution in [-0.2, 0) is 9.47 Å². The maximum Gasteiger partial charge on any atom is 0.119 e. The zero-order valence-corrected chi connectivity index (χ0v) is 13.2. The third-order valence-electron chi connectivity index (χ3n) is 3.74. The highest BCUT2D eigenvalue weighted by atomic mass is 16.6. The van der Waals surface area contributed by atoms with Crippen LogP contribution in [-0.4, -0.2) is 38.6 Å². The van der Waals surface area contributed by atoms with Crippen LogP contribution in [0.5, 0.6) is 11.5 Å². The molecule has 0 bridgehead atoms. The molecule has 2 aromatic carbocycles. The number of hydrogen-bond donors (Lipinski definition) is 0. The first-order chi connectivity index (χ1) is 11.8. The average molecular weight is 322 g/mol. The predicted octanol–water partition coefficient (Wildman–Crippen LogP) is 2.64. The third kappa shape index (κ3) is 4.51. The van der Waals surface area contributed by atoms with Gasteiger partial charge in [0.2, 0.25) is 0 Å². The summed E-state index contributed by atoms with van der Waals surface area (Å²) in [7, 11) is 0. The van der Waals surface area contributed by atoms with E-state index in [0.29, 0.717) is 13.2 Å². The van der Waals surface area contributed by atoms with Crippen molar-refractivity contribution in [2.24, 2.45) is 0 Å². The van der Waals surface area contributed by atoms with Gasteiger partial charge in [0.15, 0.2) is 0 Å². The molecular formula is C20H18O4. The molecule has 2 aliphatic heterocycles. The Balaban J connectivity index is 1.32. The van der Waals surface area contributed by atoms with Crippen LogP contribution in [0.25, 0.3) is 0 Å². The molecule has 2 heterocycles. The Hall–Kier alpha value is -2.48.